The van der Waals surface area contributed by atoms with E-state index < -0.39 is 0 Å². The van der Waals surface area contributed by atoms with Gasteiger partial charge in [0.15, 0.2) is 0 Å². The molecule has 0 saturated carbocycles. The molecule has 5 nitrogen and oxygen atoms in total. The molecule has 2 aromatic carbocycles. The summed E-state index contributed by atoms with van der Waals surface area (Å²) in [5.74, 6) is 2.05. The van der Waals surface area contributed by atoms with Crippen LogP contribution in [0.3, 0.4) is 0 Å². The molecule has 1 N–H and O–H groups in total. The monoisotopic (exact) mass is 396 g/mol. The number of amides is 1. The number of likely N-dealkylation sites (tertiary alicyclic amines) is 1. The largest absolute Gasteiger partial charge is 0.497 e. The number of carbonyl (C=O) groups excluding carboxylic acids is 1. The molecule has 1 atom stereocenters. The van der Waals surface area contributed by atoms with Crippen LogP contribution in [-0.2, 0) is 0 Å². The average molecular weight is 397 g/mol. The predicted molar refractivity (Wildman–Crippen MR) is 116 cm³/mol. The van der Waals surface area contributed by atoms with Crippen molar-refractivity contribution in [3.63, 3.8) is 0 Å². The van der Waals surface area contributed by atoms with Gasteiger partial charge in [0.25, 0.3) is 5.91 Å². The summed E-state index contributed by atoms with van der Waals surface area (Å²) in [6, 6.07) is 15.7. The van der Waals surface area contributed by atoms with Crippen LogP contribution in [0.4, 0.5) is 0 Å². The summed E-state index contributed by atoms with van der Waals surface area (Å²) in [6.07, 6.45) is 2.41. The summed E-state index contributed by atoms with van der Waals surface area (Å²) in [4.78, 5) is 15.1. The minimum Gasteiger partial charge on any atom is -0.497 e. The highest BCUT2D eigenvalue weighted by Crippen LogP contribution is 2.26. The number of carbonyl (C=O) groups is 1. The first-order valence-electron chi connectivity index (χ1n) is 10.5. The molecular formula is C24H32N2O3. The van der Waals surface area contributed by atoms with Gasteiger partial charge < -0.3 is 14.8 Å². The number of hydrogen-bond donors (Lipinski definition) is 1. The lowest BCUT2D eigenvalue weighted by atomic mass is 10.0. The number of nitrogens with one attached hydrogen (secondary N) is 1. The zero-order chi connectivity index (χ0) is 20.6. The van der Waals surface area contributed by atoms with E-state index in [1.54, 1.807) is 7.11 Å². The molecule has 0 aromatic heterocycles. The van der Waals surface area contributed by atoms with Crippen molar-refractivity contribution in [2.24, 2.45) is 5.92 Å². The van der Waals surface area contributed by atoms with Crippen molar-refractivity contribution < 1.29 is 14.3 Å². The van der Waals surface area contributed by atoms with E-state index in [0.717, 1.165) is 24.6 Å². The van der Waals surface area contributed by atoms with Crippen molar-refractivity contribution in [1.29, 1.82) is 0 Å². The SMILES string of the molecule is COc1ccc(C(CNC(=O)c2ccc(OCC(C)C)cc2)N2CCCC2)cc1. The fourth-order valence-electron chi connectivity index (χ4n) is 3.59. The molecule has 0 spiro atoms. The first-order valence-corrected chi connectivity index (χ1v) is 10.5. The molecule has 156 valence electrons. The maximum atomic E-state index is 12.7. The van der Waals surface area contributed by atoms with Gasteiger partial charge in [0, 0.05) is 12.1 Å². The Balaban J connectivity index is 1.62. The van der Waals surface area contributed by atoms with Crippen molar-refractivity contribution in [1.82, 2.24) is 10.2 Å². The Kier molecular flexibility index (Phi) is 7.53. The Bertz CT molecular complexity index is 766. The topological polar surface area (TPSA) is 50.8 Å². The van der Waals surface area contributed by atoms with Crippen LogP contribution in [0.5, 0.6) is 11.5 Å². The number of methoxy groups -OCH3 is 1. The van der Waals surface area contributed by atoms with Crippen LogP contribution in [0.25, 0.3) is 0 Å². The molecule has 1 amide bonds. The van der Waals surface area contributed by atoms with Gasteiger partial charge >= 0.3 is 0 Å². The van der Waals surface area contributed by atoms with E-state index >= 15 is 0 Å². The van der Waals surface area contributed by atoms with Crippen LogP contribution in [0.15, 0.2) is 48.5 Å². The Hall–Kier alpha value is -2.53. The van der Waals surface area contributed by atoms with Gasteiger partial charge in [0.2, 0.25) is 0 Å². The first kappa shape index (κ1) is 21.2. The van der Waals surface area contributed by atoms with E-state index in [0.29, 0.717) is 24.6 Å². The molecule has 1 heterocycles. The Morgan fingerprint density at radius 1 is 1.00 bits per heavy atom. The number of benzene rings is 2. The Morgan fingerprint density at radius 3 is 2.21 bits per heavy atom. The van der Waals surface area contributed by atoms with Crippen LogP contribution in [0.1, 0.15) is 48.7 Å². The smallest absolute Gasteiger partial charge is 0.251 e. The third kappa shape index (κ3) is 5.97. The molecule has 5 heteroatoms. The van der Waals surface area contributed by atoms with Crippen molar-refractivity contribution >= 4 is 5.91 Å². The lowest BCUT2D eigenvalue weighted by Gasteiger charge is -2.28. The van der Waals surface area contributed by atoms with Crippen LogP contribution in [0.2, 0.25) is 0 Å². The van der Waals surface area contributed by atoms with Crippen LogP contribution in [-0.4, -0.2) is 44.2 Å². The summed E-state index contributed by atoms with van der Waals surface area (Å²) < 4.78 is 11.0. The standard InChI is InChI=1S/C24H32N2O3/c1-18(2)17-29-22-12-8-20(9-13-22)24(27)25-16-23(26-14-4-5-15-26)19-6-10-21(28-3)11-7-19/h6-13,18,23H,4-5,14-17H2,1-3H3,(H,25,27). The second kappa shape index (κ2) is 10.3. The molecule has 0 radical (unpaired) electrons. The molecular weight excluding hydrogens is 364 g/mol. The zero-order valence-corrected chi connectivity index (χ0v) is 17.7. The summed E-state index contributed by atoms with van der Waals surface area (Å²) in [6.45, 7) is 7.60. The summed E-state index contributed by atoms with van der Waals surface area (Å²) in [7, 11) is 1.67. The molecule has 1 aliphatic heterocycles. The normalized spacial score (nSPS) is 15.3. The van der Waals surface area contributed by atoms with Gasteiger partial charge in [-0.15, -0.1) is 0 Å². The van der Waals surface area contributed by atoms with Crippen molar-refractivity contribution in [2.75, 3.05) is 33.4 Å². The summed E-state index contributed by atoms with van der Waals surface area (Å²) in [5.41, 5.74) is 1.85. The highest BCUT2D eigenvalue weighted by Gasteiger charge is 2.24. The number of nitrogens with zero attached hydrogens (tertiary/aromatic N) is 1. The zero-order valence-electron chi connectivity index (χ0n) is 17.7. The second-order valence-electron chi connectivity index (χ2n) is 7.97. The van der Waals surface area contributed by atoms with E-state index in [1.165, 1.54) is 18.4 Å². The molecule has 29 heavy (non-hydrogen) atoms. The molecule has 3 rings (SSSR count). The van der Waals surface area contributed by atoms with Gasteiger partial charge in [0.05, 0.1) is 19.8 Å². The predicted octanol–water partition coefficient (Wildman–Crippen LogP) is 4.30. The van der Waals surface area contributed by atoms with Gasteiger partial charge in [-0.25, -0.2) is 0 Å². The van der Waals surface area contributed by atoms with Crippen molar-refractivity contribution in [3.8, 4) is 11.5 Å². The van der Waals surface area contributed by atoms with Crippen molar-refractivity contribution in [3.05, 3.63) is 59.7 Å². The molecule has 1 saturated heterocycles. The molecule has 1 aliphatic rings. The van der Waals surface area contributed by atoms with E-state index in [4.69, 9.17) is 9.47 Å². The number of ether oxygens (including phenoxy) is 2. The van der Waals surface area contributed by atoms with Crippen molar-refractivity contribution in [2.45, 2.75) is 32.7 Å². The molecule has 1 fully saturated rings. The van der Waals surface area contributed by atoms with E-state index in [-0.39, 0.29) is 11.9 Å². The lowest BCUT2D eigenvalue weighted by molar-refractivity contribution is 0.0938. The van der Waals surface area contributed by atoms with Crippen LogP contribution in [0, 0.1) is 5.92 Å². The number of rotatable bonds is 9. The molecule has 0 aliphatic carbocycles. The third-order valence-electron chi connectivity index (χ3n) is 5.24. The van der Waals surface area contributed by atoms with Gasteiger partial charge in [-0.3, -0.25) is 9.69 Å². The minimum atomic E-state index is -0.0573. The van der Waals surface area contributed by atoms with Crippen LogP contribution < -0.4 is 14.8 Å². The quantitative estimate of drug-likeness (QED) is 0.687. The summed E-state index contributed by atoms with van der Waals surface area (Å²) in [5, 5.41) is 3.12. The number of hydrogen-bond acceptors (Lipinski definition) is 4. The first-order chi connectivity index (χ1) is 14.1. The van der Waals surface area contributed by atoms with E-state index in [1.807, 2.05) is 36.4 Å². The maximum Gasteiger partial charge on any atom is 0.251 e. The van der Waals surface area contributed by atoms with E-state index in [9.17, 15) is 4.79 Å². The third-order valence-corrected chi connectivity index (χ3v) is 5.24. The highest BCUT2D eigenvalue weighted by atomic mass is 16.5. The van der Waals surface area contributed by atoms with E-state index in [2.05, 4.69) is 36.2 Å². The fraction of sp³-hybridized carbons (Fsp3) is 0.458. The van der Waals surface area contributed by atoms with Crippen LogP contribution >= 0.6 is 0 Å². The van der Waals surface area contributed by atoms with Gasteiger partial charge in [-0.1, -0.05) is 26.0 Å². The highest BCUT2D eigenvalue weighted by molar-refractivity contribution is 5.94. The van der Waals surface area contributed by atoms with Gasteiger partial charge in [0.1, 0.15) is 11.5 Å². The average Bonchev–Trinajstić information content (AvgIpc) is 3.27. The van der Waals surface area contributed by atoms with Gasteiger partial charge in [-0.05, 0) is 73.8 Å². The maximum absolute atomic E-state index is 12.7. The minimum absolute atomic E-state index is 0.0573. The molecule has 0 bridgehead atoms. The molecule has 1 unspecified atom stereocenters. The Morgan fingerprint density at radius 2 is 1.62 bits per heavy atom. The lowest BCUT2D eigenvalue weighted by Crippen LogP contribution is -2.36. The Labute approximate surface area is 174 Å². The van der Waals surface area contributed by atoms with Gasteiger partial charge in [-0.2, -0.15) is 0 Å². The molecule has 2 aromatic rings. The second-order valence-corrected chi connectivity index (χ2v) is 7.97. The fourth-order valence-corrected chi connectivity index (χ4v) is 3.59. The summed E-state index contributed by atoms with van der Waals surface area (Å²) >= 11 is 0.